The van der Waals surface area contributed by atoms with Crippen LogP contribution in [0.2, 0.25) is 5.02 Å². The zero-order chi connectivity index (χ0) is 18.8. The van der Waals surface area contributed by atoms with Crippen LogP contribution < -0.4 is 0 Å². The molecule has 0 spiro atoms. The molecule has 0 amide bonds. The summed E-state index contributed by atoms with van der Waals surface area (Å²) in [4.78, 5) is 15.5. The Hall–Kier alpha value is -1.40. The third-order valence-corrected chi connectivity index (χ3v) is 6.17. The smallest absolute Gasteiger partial charge is 0.173 e. The van der Waals surface area contributed by atoms with Crippen LogP contribution in [0.5, 0.6) is 0 Å². The number of ether oxygens (including phenoxy) is 3. The minimum atomic E-state index is -0.0995. The van der Waals surface area contributed by atoms with Gasteiger partial charge in [0.25, 0.3) is 0 Å². The van der Waals surface area contributed by atoms with Gasteiger partial charge in [0.1, 0.15) is 6.10 Å². The van der Waals surface area contributed by atoms with Gasteiger partial charge in [0.2, 0.25) is 0 Å². The van der Waals surface area contributed by atoms with E-state index in [1.54, 1.807) is 25.5 Å². The van der Waals surface area contributed by atoms with Crippen LogP contribution in [-0.4, -0.2) is 56.4 Å². The van der Waals surface area contributed by atoms with Gasteiger partial charge in [-0.25, -0.2) is 0 Å². The fraction of sp³-hybridized carbons (Fsp3) is 0.571. The number of halogens is 1. The summed E-state index contributed by atoms with van der Waals surface area (Å²) in [5, 5.41) is 0.662. The Balaban J connectivity index is 1.48. The fourth-order valence-corrected chi connectivity index (χ4v) is 4.65. The van der Waals surface area contributed by atoms with Crippen molar-refractivity contribution in [2.24, 2.45) is 11.8 Å². The van der Waals surface area contributed by atoms with Crippen molar-refractivity contribution in [2.45, 2.75) is 31.5 Å². The molecule has 2 aliphatic heterocycles. The molecule has 2 fully saturated rings. The number of methoxy groups -OCH3 is 1. The van der Waals surface area contributed by atoms with Gasteiger partial charge in [-0.1, -0.05) is 23.7 Å². The highest BCUT2D eigenvalue weighted by molar-refractivity contribution is 6.30. The fourth-order valence-electron chi connectivity index (χ4n) is 4.52. The molecule has 1 aromatic carbocycles. The first-order valence-electron chi connectivity index (χ1n) is 9.66. The van der Waals surface area contributed by atoms with E-state index in [4.69, 9.17) is 25.8 Å². The molecule has 146 valence electrons. The molecule has 2 heterocycles. The molecule has 4 rings (SSSR count). The number of hydrogen-bond acceptors (Lipinski definition) is 5. The van der Waals surface area contributed by atoms with Gasteiger partial charge >= 0.3 is 0 Å². The SMILES string of the molecule is COCCCN1COC2CCC3C(=O)C(c4ccc(Cl)cc4)=COC3C2C1. The van der Waals surface area contributed by atoms with Crippen molar-refractivity contribution in [3.63, 3.8) is 0 Å². The Bertz CT molecular complexity index is 703. The van der Waals surface area contributed by atoms with Crippen LogP contribution in [0, 0.1) is 11.8 Å². The van der Waals surface area contributed by atoms with Crippen LogP contribution in [-0.2, 0) is 19.0 Å². The Labute approximate surface area is 165 Å². The number of benzene rings is 1. The number of nitrogens with zero attached hydrogens (tertiary/aromatic N) is 1. The van der Waals surface area contributed by atoms with Crippen LogP contribution in [0.15, 0.2) is 30.5 Å². The van der Waals surface area contributed by atoms with Crippen LogP contribution in [0.1, 0.15) is 24.8 Å². The van der Waals surface area contributed by atoms with Gasteiger partial charge in [-0.05, 0) is 37.0 Å². The maximum atomic E-state index is 13.2. The van der Waals surface area contributed by atoms with Crippen LogP contribution in [0.3, 0.4) is 0 Å². The molecular formula is C21H26ClNO4. The normalized spacial score (nSPS) is 30.9. The predicted octanol–water partition coefficient (Wildman–Crippen LogP) is 3.37. The third kappa shape index (κ3) is 3.92. The van der Waals surface area contributed by atoms with Gasteiger partial charge < -0.3 is 14.2 Å². The Kier molecular flexibility index (Phi) is 5.83. The quantitative estimate of drug-likeness (QED) is 0.720. The molecule has 27 heavy (non-hydrogen) atoms. The van der Waals surface area contributed by atoms with E-state index in [2.05, 4.69) is 4.90 Å². The summed E-state index contributed by atoms with van der Waals surface area (Å²) in [6, 6.07) is 7.37. The monoisotopic (exact) mass is 391 g/mol. The molecule has 0 aromatic heterocycles. The predicted molar refractivity (Wildman–Crippen MR) is 103 cm³/mol. The van der Waals surface area contributed by atoms with Crippen LogP contribution >= 0.6 is 11.6 Å². The average molecular weight is 392 g/mol. The molecular weight excluding hydrogens is 366 g/mol. The molecule has 1 saturated heterocycles. The maximum Gasteiger partial charge on any atom is 0.173 e. The van der Waals surface area contributed by atoms with E-state index in [0.29, 0.717) is 17.3 Å². The average Bonchev–Trinajstić information content (AvgIpc) is 2.69. The number of ketones is 1. The number of allylic oxidation sites excluding steroid dienone is 1. The standard InChI is InChI=1S/C21H26ClNO4/c1-25-10-2-9-23-11-17-19(27-13-23)8-7-16-20(24)18(12-26-21(16)17)14-3-5-15(22)6-4-14/h3-6,12,16-17,19,21H,2,7-11,13H2,1H3. The molecule has 1 aromatic rings. The molecule has 5 nitrogen and oxygen atoms in total. The van der Waals surface area contributed by atoms with Gasteiger partial charge in [-0.2, -0.15) is 0 Å². The lowest BCUT2D eigenvalue weighted by Gasteiger charge is -2.48. The van der Waals surface area contributed by atoms with Gasteiger partial charge in [0, 0.05) is 37.7 Å². The Morgan fingerprint density at radius 3 is 2.85 bits per heavy atom. The highest BCUT2D eigenvalue weighted by atomic mass is 35.5. The summed E-state index contributed by atoms with van der Waals surface area (Å²) in [5.74, 6) is 0.319. The highest BCUT2D eigenvalue weighted by Crippen LogP contribution is 2.42. The Morgan fingerprint density at radius 1 is 1.26 bits per heavy atom. The van der Waals surface area contributed by atoms with Gasteiger partial charge in [0.05, 0.1) is 30.6 Å². The molecule has 0 bridgehead atoms. The van der Waals surface area contributed by atoms with Crippen molar-refractivity contribution < 1.29 is 19.0 Å². The summed E-state index contributed by atoms with van der Waals surface area (Å²) in [6.07, 6.45) is 4.45. The maximum absolute atomic E-state index is 13.2. The van der Waals surface area contributed by atoms with E-state index in [1.807, 2.05) is 12.1 Å². The first-order valence-corrected chi connectivity index (χ1v) is 10.0. The largest absolute Gasteiger partial charge is 0.496 e. The molecule has 4 unspecified atom stereocenters. The van der Waals surface area contributed by atoms with Crippen molar-refractivity contribution in [3.8, 4) is 0 Å². The minimum Gasteiger partial charge on any atom is -0.496 e. The second-order valence-electron chi connectivity index (χ2n) is 7.61. The number of rotatable bonds is 5. The second-order valence-corrected chi connectivity index (χ2v) is 8.05. The zero-order valence-corrected chi connectivity index (χ0v) is 16.4. The van der Waals surface area contributed by atoms with E-state index in [9.17, 15) is 4.79 Å². The van der Waals surface area contributed by atoms with E-state index in [1.165, 1.54) is 0 Å². The molecule has 0 radical (unpaired) electrons. The van der Waals surface area contributed by atoms with Crippen molar-refractivity contribution in [2.75, 3.05) is 33.5 Å². The summed E-state index contributed by atoms with van der Waals surface area (Å²) >= 11 is 5.97. The number of fused-ring (bicyclic) bond motifs is 3. The van der Waals surface area contributed by atoms with Crippen molar-refractivity contribution in [1.82, 2.24) is 4.90 Å². The van der Waals surface area contributed by atoms with Crippen molar-refractivity contribution >= 4 is 23.0 Å². The minimum absolute atomic E-state index is 0.0931. The molecule has 0 N–H and O–H groups in total. The van der Waals surface area contributed by atoms with Crippen LogP contribution in [0.4, 0.5) is 0 Å². The number of carbonyl (C=O) groups is 1. The summed E-state index contributed by atoms with van der Waals surface area (Å²) in [7, 11) is 1.72. The molecule has 1 aliphatic carbocycles. The first-order chi connectivity index (χ1) is 13.2. The summed E-state index contributed by atoms with van der Waals surface area (Å²) in [6.45, 7) is 3.25. The van der Waals surface area contributed by atoms with E-state index in [0.717, 1.165) is 44.5 Å². The van der Waals surface area contributed by atoms with E-state index in [-0.39, 0.29) is 29.8 Å². The lowest BCUT2D eigenvalue weighted by atomic mass is 9.71. The van der Waals surface area contributed by atoms with Crippen LogP contribution in [0.25, 0.3) is 5.57 Å². The van der Waals surface area contributed by atoms with Gasteiger partial charge in [0.15, 0.2) is 5.78 Å². The first kappa shape index (κ1) is 18.9. The lowest BCUT2D eigenvalue weighted by Crippen LogP contribution is -2.56. The summed E-state index contributed by atoms with van der Waals surface area (Å²) < 4.78 is 17.4. The summed E-state index contributed by atoms with van der Waals surface area (Å²) in [5.41, 5.74) is 1.52. The Morgan fingerprint density at radius 2 is 2.07 bits per heavy atom. The number of hydrogen-bond donors (Lipinski definition) is 0. The van der Waals surface area contributed by atoms with Gasteiger partial charge in [-0.3, -0.25) is 9.69 Å². The number of Topliss-reactive ketones (excluding diaryl/α,β-unsaturated/α-hetero) is 1. The lowest BCUT2D eigenvalue weighted by molar-refractivity contribution is -0.170. The molecule has 3 aliphatic rings. The van der Waals surface area contributed by atoms with Crippen molar-refractivity contribution in [1.29, 1.82) is 0 Å². The van der Waals surface area contributed by atoms with Crippen molar-refractivity contribution in [3.05, 3.63) is 41.1 Å². The zero-order valence-electron chi connectivity index (χ0n) is 15.6. The molecule has 1 saturated carbocycles. The van der Waals surface area contributed by atoms with Gasteiger partial charge in [-0.15, -0.1) is 0 Å². The highest BCUT2D eigenvalue weighted by Gasteiger charge is 2.48. The van der Waals surface area contributed by atoms with E-state index < -0.39 is 0 Å². The third-order valence-electron chi connectivity index (χ3n) is 5.92. The molecule has 4 atom stereocenters. The second kappa shape index (κ2) is 8.31. The number of carbonyl (C=O) groups excluding carboxylic acids is 1. The van der Waals surface area contributed by atoms with E-state index >= 15 is 0 Å². The molecule has 6 heteroatoms. The topological polar surface area (TPSA) is 48.0 Å².